The molecule has 0 bridgehead atoms. The van der Waals surface area contributed by atoms with Gasteiger partial charge in [-0.05, 0) is 58.3 Å². The molecule has 6 heteroatoms. The van der Waals surface area contributed by atoms with Crippen LogP contribution in [0.25, 0.3) is 143 Å². The van der Waals surface area contributed by atoms with E-state index >= 15 is 0 Å². The van der Waals surface area contributed by atoms with Crippen LogP contribution >= 0.6 is 0 Å². The highest BCUT2D eigenvalue weighted by molar-refractivity contribution is 6.30. The molecule has 4 aromatic heterocycles. The van der Waals surface area contributed by atoms with Crippen LogP contribution in [0.4, 0.5) is 0 Å². The summed E-state index contributed by atoms with van der Waals surface area (Å²) in [6, 6.07) is 76.2. The predicted octanol–water partition coefficient (Wildman–Crippen LogP) is 17.1. The van der Waals surface area contributed by atoms with E-state index in [1.807, 2.05) is 72.8 Å². The molecule has 0 saturated carbocycles. The summed E-state index contributed by atoms with van der Waals surface area (Å²) >= 11 is 0. The topological polar surface area (TPSA) is 83.7 Å². The van der Waals surface area contributed by atoms with Gasteiger partial charge in [0.15, 0.2) is 0 Å². The molecule has 0 radical (unpaired) electrons. The molecule has 15 rings (SSSR count). The van der Waals surface area contributed by atoms with E-state index in [-0.39, 0.29) is 0 Å². The monoisotopic (exact) mass is 890 g/mol. The van der Waals surface area contributed by atoms with Crippen LogP contribution in [0.1, 0.15) is 11.1 Å². The van der Waals surface area contributed by atoms with Gasteiger partial charge in [0.25, 0.3) is 0 Å². The van der Waals surface area contributed by atoms with Gasteiger partial charge >= 0.3 is 0 Å². The molecule has 0 N–H and O–H groups in total. The standard InChI is InChI=1S/C64H34N4O2/c65-35-49-55(39-17-3-1-4-18-39)61(67-51-33-31-45-43-23-11-13-25-53(43)69-63(45)57(51)47-29-27-37-15-7-9-21-41(37)59(47)67)50(36-66)56(40-19-5-2-6-20-40)62(49)68-52-34-32-46-44-24-12-14-26-54(44)70-64(46)58(52)48-30-28-38-16-8-10-22-42(38)60(48)68/h1-34H. The van der Waals surface area contributed by atoms with Crippen molar-refractivity contribution in [3.05, 3.63) is 217 Å². The molecule has 0 atom stereocenters. The molecule has 0 unspecified atom stereocenters. The van der Waals surface area contributed by atoms with E-state index in [0.717, 1.165) is 120 Å². The minimum atomic E-state index is 0.426. The number of hydrogen-bond acceptors (Lipinski definition) is 4. The van der Waals surface area contributed by atoms with Gasteiger partial charge in [-0.1, -0.05) is 170 Å². The van der Waals surface area contributed by atoms with Gasteiger partial charge < -0.3 is 18.0 Å². The molecule has 0 aliphatic rings. The molecule has 15 aromatic rings. The van der Waals surface area contributed by atoms with Crippen LogP contribution in [0.15, 0.2) is 215 Å². The van der Waals surface area contributed by atoms with Gasteiger partial charge in [-0.25, -0.2) is 0 Å². The molecular weight excluding hydrogens is 857 g/mol. The fraction of sp³-hybridized carbons (Fsp3) is 0. The number of benzene rings is 11. The zero-order valence-electron chi connectivity index (χ0n) is 37.2. The van der Waals surface area contributed by atoms with Crippen molar-refractivity contribution in [3.63, 3.8) is 0 Å². The van der Waals surface area contributed by atoms with Gasteiger partial charge in [-0.15, -0.1) is 0 Å². The minimum absolute atomic E-state index is 0.426. The van der Waals surface area contributed by atoms with E-state index in [1.54, 1.807) is 0 Å². The zero-order chi connectivity index (χ0) is 46.2. The average molecular weight is 891 g/mol. The predicted molar refractivity (Wildman–Crippen MR) is 285 cm³/mol. The third kappa shape index (κ3) is 5.03. The number of rotatable bonds is 4. The highest BCUT2D eigenvalue weighted by Gasteiger charge is 2.33. The quantitative estimate of drug-likeness (QED) is 0.176. The van der Waals surface area contributed by atoms with Crippen LogP contribution in [0.3, 0.4) is 0 Å². The van der Waals surface area contributed by atoms with E-state index in [9.17, 15) is 10.5 Å². The van der Waals surface area contributed by atoms with E-state index in [1.165, 1.54) is 0 Å². The molecule has 0 aliphatic heterocycles. The molecule has 0 amide bonds. The van der Waals surface area contributed by atoms with Gasteiger partial charge in [0.05, 0.1) is 55.3 Å². The molecule has 11 aromatic carbocycles. The first kappa shape index (κ1) is 38.2. The summed E-state index contributed by atoms with van der Waals surface area (Å²) < 4.78 is 18.2. The van der Waals surface area contributed by atoms with E-state index < -0.39 is 0 Å². The average Bonchev–Trinajstić information content (AvgIpc) is 4.18. The molecule has 0 saturated heterocycles. The Morgan fingerprint density at radius 2 is 0.700 bits per heavy atom. The Kier molecular flexibility index (Phi) is 7.82. The molecule has 0 fully saturated rings. The lowest BCUT2D eigenvalue weighted by Crippen LogP contribution is -2.11. The Hall–Kier alpha value is -9.88. The molecule has 4 heterocycles. The first-order valence-corrected chi connectivity index (χ1v) is 23.4. The van der Waals surface area contributed by atoms with E-state index in [4.69, 9.17) is 8.83 Å². The van der Waals surface area contributed by atoms with E-state index in [0.29, 0.717) is 33.6 Å². The molecule has 6 nitrogen and oxygen atoms in total. The molecule has 322 valence electrons. The van der Waals surface area contributed by atoms with Crippen LogP contribution < -0.4 is 0 Å². The van der Waals surface area contributed by atoms with Gasteiger partial charge in [0.1, 0.15) is 34.5 Å². The summed E-state index contributed by atoms with van der Waals surface area (Å²) in [5.74, 6) is 0. The second kappa shape index (κ2) is 14.3. The van der Waals surface area contributed by atoms with Crippen molar-refractivity contribution in [2.24, 2.45) is 0 Å². The summed E-state index contributed by atoms with van der Waals surface area (Å²) in [7, 11) is 0. The van der Waals surface area contributed by atoms with Crippen LogP contribution in [0, 0.1) is 22.7 Å². The number of nitriles is 2. The van der Waals surface area contributed by atoms with Crippen LogP contribution in [0.5, 0.6) is 0 Å². The maximum Gasteiger partial charge on any atom is 0.145 e. The highest BCUT2D eigenvalue weighted by atomic mass is 16.3. The number of furan rings is 2. The Labute approximate surface area is 398 Å². The Bertz CT molecular complexity index is 4530. The Balaban J connectivity index is 1.22. The van der Waals surface area contributed by atoms with Crippen LogP contribution in [-0.4, -0.2) is 9.13 Å². The summed E-state index contributed by atoms with van der Waals surface area (Å²) in [5, 5.41) is 36.6. The van der Waals surface area contributed by atoms with Crippen molar-refractivity contribution >= 4 is 109 Å². The van der Waals surface area contributed by atoms with Crippen molar-refractivity contribution in [2.75, 3.05) is 0 Å². The number of fused-ring (bicyclic) bond motifs is 18. The zero-order valence-corrected chi connectivity index (χ0v) is 37.2. The van der Waals surface area contributed by atoms with Gasteiger partial charge in [-0.2, -0.15) is 10.5 Å². The van der Waals surface area contributed by atoms with Crippen LogP contribution in [0.2, 0.25) is 0 Å². The molecule has 0 spiro atoms. The lowest BCUT2D eigenvalue weighted by molar-refractivity contribution is 0.672. The van der Waals surface area contributed by atoms with Gasteiger partial charge in [0, 0.05) is 54.2 Å². The summed E-state index contributed by atoms with van der Waals surface area (Å²) in [5.41, 5.74) is 11.7. The summed E-state index contributed by atoms with van der Waals surface area (Å²) in [6.45, 7) is 0. The molecule has 0 aliphatic carbocycles. The van der Waals surface area contributed by atoms with Crippen LogP contribution in [-0.2, 0) is 0 Å². The molecule has 70 heavy (non-hydrogen) atoms. The molecular formula is C64H34N4O2. The first-order valence-electron chi connectivity index (χ1n) is 23.4. The number of nitrogens with zero attached hydrogens (tertiary/aromatic N) is 4. The van der Waals surface area contributed by atoms with Gasteiger partial charge in [-0.3, -0.25) is 0 Å². The summed E-state index contributed by atoms with van der Waals surface area (Å²) in [6.07, 6.45) is 0. The minimum Gasteiger partial charge on any atom is -0.455 e. The summed E-state index contributed by atoms with van der Waals surface area (Å²) in [4.78, 5) is 0. The Morgan fingerprint density at radius 1 is 0.329 bits per heavy atom. The first-order chi connectivity index (χ1) is 34.7. The fourth-order valence-corrected chi connectivity index (χ4v) is 11.7. The lowest BCUT2D eigenvalue weighted by Gasteiger charge is -2.25. The third-order valence-corrected chi connectivity index (χ3v) is 14.6. The van der Waals surface area contributed by atoms with Crippen molar-refractivity contribution in [1.82, 2.24) is 9.13 Å². The second-order valence-electron chi connectivity index (χ2n) is 18.1. The normalized spacial score (nSPS) is 12.0. The highest BCUT2D eigenvalue weighted by Crippen LogP contribution is 2.52. The maximum absolute atomic E-state index is 12.3. The third-order valence-electron chi connectivity index (χ3n) is 14.6. The SMILES string of the molecule is N#Cc1c(-c2ccccc2)c(-n2c3ccc4c5ccccc5oc4c3c3ccc4ccccc4c32)c(C#N)c(-c2ccccc2)c1-n1c2ccc3c4ccccc4oc3c2c2ccc3ccccc3c21. The van der Waals surface area contributed by atoms with Crippen molar-refractivity contribution in [3.8, 4) is 45.8 Å². The number of para-hydroxylation sites is 2. The van der Waals surface area contributed by atoms with Crippen molar-refractivity contribution in [1.29, 1.82) is 10.5 Å². The largest absolute Gasteiger partial charge is 0.455 e. The Morgan fingerprint density at radius 3 is 1.13 bits per heavy atom. The van der Waals surface area contributed by atoms with Gasteiger partial charge in [0.2, 0.25) is 0 Å². The number of aromatic nitrogens is 2. The number of hydrogen-bond donors (Lipinski definition) is 0. The lowest BCUT2D eigenvalue weighted by atomic mass is 9.86. The van der Waals surface area contributed by atoms with Crippen molar-refractivity contribution < 1.29 is 8.83 Å². The second-order valence-corrected chi connectivity index (χ2v) is 18.1. The van der Waals surface area contributed by atoms with E-state index in [2.05, 4.69) is 155 Å². The smallest absolute Gasteiger partial charge is 0.145 e. The maximum atomic E-state index is 12.3. The fourth-order valence-electron chi connectivity index (χ4n) is 11.7. The van der Waals surface area contributed by atoms with Crippen molar-refractivity contribution in [2.45, 2.75) is 0 Å².